The molecule has 0 atom stereocenters. The number of hydrogen-bond acceptors (Lipinski definition) is 5. The number of benzene rings is 1. The van der Waals surface area contributed by atoms with Crippen molar-refractivity contribution in [3.05, 3.63) is 69.5 Å². The van der Waals surface area contributed by atoms with Crippen LogP contribution in [0.15, 0.2) is 52.5 Å². The molecule has 0 aliphatic rings. The number of rotatable bonds is 6. The minimum atomic E-state index is -0.152. The quantitative estimate of drug-likeness (QED) is 0.658. The lowest BCUT2D eigenvalue weighted by atomic mass is 10.3. The van der Waals surface area contributed by atoms with Gasteiger partial charge in [0, 0.05) is 17.5 Å². The van der Waals surface area contributed by atoms with Crippen molar-refractivity contribution in [2.45, 2.75) is 13.2 Å². The average molecular weight is 363 g/mol. The standard InChI is InChI=1S/C17H15ClN2O3S/c1-20(9-14-3-2-8-22-14)17(21)15-11-24-16(19-15)10-23-13-6-4-12(18)5-7-13/h2-8,11H,9-10H2,1H3. The molecule has 0 aliphatic carbocycles. The molecule has 0 spiro atoms. The van der Waals surface area contributed by atoms with Crippen LogP contribution in [0.2, 0.25) is 5.02 Å². The smallest absolute Gasteiger partial charge is 0.273 e. The second-order valence-corrected chi connectivity index (χ2v) is 6.49. The molecule has 0 saturated heterocycles. The number of carbonyl (C=O) groups is 1. The van der Waals surface area contributed by atoms with Gasteiger partial charge in [-0.2, -0.15) is 0 Å². The number of ether oxygens (including phenoxy) is 1. The zero-order valence-corrected chi connectivity index (χ0v) is 14.5. The zero-order valence-electron chi connectivity index (χ0n) is 12.9. The van der Waals surface area contributed by atoms with E-state index in [2.05, 4.69) is 4.98 Å². The third kappa shape index (κ3) is 4.15. The lowest BCUT2D eigenvalue weighted by Crippen LogP contribution is -2.26. The number of thiazole rings is 1. The minimum Gasteiger partial charge on any atom is -0.486 e. The minimum absolute atomic E-state index is 0.152. The topological polar surface area (TPSA) is 55.6 Å². The molecule has 2 aromatic heterocycles. The Hall–Kier alpha value is -2.31. The zero-order chi connectivity index (χ0) is 16.9. The van der Waals surface area contributed by atoms with E-state index in [1.165, 1.54) is 11.3 Å². The van der Waals surface area contributed by atoms with Gasteiger partial charge in [-0.1, -0.05) is 11.6 Å². The van der Waals surface area contributed by atoms with E-state index in [0.29, 0.717) is 29.6 Å². The summed E-state index contributed by atoms with van der Waals surface area (Å²) in [4.78, 5) is 18.3. The van der Waals surface area contributed by atoms with E-state index in [-0.39, 0.29) is 5.91 Å². The predicted molar refractivity (Wildman–Crippen MR) is 92.4 cm³/mol. The Kier molecular flexibility index (Phi) is 5.17. The molecule has 1 amide bonds. The molecule has 3 aromatic rings. The van der Waals surface area contributed by atoms with Crippen LogP contribution >= 0.6 is 22.9 Å². The average Bonchev–Trinajstić information content (AvgIpc) is 3.25. The molecular formula is C17H15ClN2O3S. The molecule has 0 saturated carbocycles. The lowest BCUT2D eigenvalue weighted by Gasteiger charge is -2.13. The molecule has 0 aliphatic heterocycles. The second-order valence-electron chi connectivity index (χ2n) is 5.11. The summed E-state index contributed by atoms with van der Waals surface area (Å²) in [6.45, 7) is 0.710. The van der Waals surface area contributed by atoms with Gasteiger partial charge < -0.3 is 14.1 Å². The van der Waals surface area contributed by atoms with Gasteiger partial charge in [0.2, 0.25) is 0 Å². The number of aromatic nitrogens is 1. The first-order valence-corrected chi connectivity index (χ1v) is 8.48. The van der Waals surface area contributed by atoms with Crippen molar-refractivity contribution in [3.63, 3.8) is 0 Å². The Morgan fingerprint density at radius 2 is 2.12 bits per heavy atom. The fourth-order valence-corrected chi connectivity index (χ4v) is 2.86. The summed E-state index contributed by atoms with van der Waals surface area (Å²) >= 11 is 7.23. The fourth-order valence-electron chi connectivity index (χ4n) is 2.05. The Morgan fingerprint density at radius 3 is 2.83 bits per heavy atom. The van der Waals surface area contributed by atoms with E-state index in [1.807, 2.05) is 6.07 Å². The summed E-state index contributed by atoms with van der Waals surface area (Å²) in [5, 5.41) is 3.13. The molecule has 1 aromatic carbocycles. The molecule has 0 bridgehead atoms. The molecule has 0 fully saturated rings. The summed E-state index contributed by atoms with van der Waals surface area (Å²) in [5.41, 5.74) is 0.406. The maximum Gasteiger partial charge on any atom is 0.273 e. The first-order valence-electron chi connectivity index (χ1n) is 7.22. The summed E-state index contributed by atoms with van der Waals surface area (Å²) in [7, 11) is 1.72. The molecule has 24 heavy (non-hydrogen) atoms. The number of furan rings is 1. The lowest BCUT2D eigenvalue weighted by molar-refractivity contribution is 0.0770. The maximum absolute atomic E-state index is 12.4. The third-order valence-electron chi connectivity index (χ3n) is 3.27. The van der Waals surface area contributed by atoms with Crippen molar-refractivity contribution in [1.82, 2.24) is 9.88 Å². The molecule has 0 unspecified atom stereocenters. The SMILES string of the molecule is CN(Cc1ccco1)C(=O)c1csc(COc2ccc(Cl)cc2)n1. The summed E-state index contributed by atoms with van der Waals surface area (Å²) in [6, 6.07) is 10.7. The van der Waals surface area contributed by atoms with E-state index < -0.39 is 0 Å². The van der Waals surface area contributed by atoms with Gasteiger partial charge in [0.15, 0.2) is 0 Å². The van der Waals surface area contributed by atoms with Crippen LogP contribution in [0.3, 0.4) is 0 Å². The first-order chi connectivity index (χ1) is 11.6. The van der Waals surface area contributed by atoms with Crippen LogP contribution in [0.1, 0.15) is 21.3 Å². The van der Waals surface area contributed by atoms with Crippen LogP contribution in [0.25, 0.3) is 0 Å². The van der Waals surface area contributed by atoms with Crippen molar-refractivity contribution in [2.75, 3.05) is 7.05 Å². The van der Waals surface area contributed by atoms with E-state index in [9.17, 15) is 4.79 Å². The predicted octanol–water partition coefficient (Wildman–Crippen LogP) is 4.24. The number of halogens is 1. The van der Waals surface area contributed by atoms with Crippen molar-refractivity contribution in [1.29, 1.82) is 0 Å². The van der Waals surface area contributed by atoms with Gasteiger partial charge in [-0.05, 0) is 36.4 Å². The highest BCUT2D eigenvalue weighted by molar-refractivity contribution is 7.09. The van der Waals surface area contributed by atoms with E-state index in [4.69, 9.17) is 20.8 Å². The molecule has 7 heteroatoms. The Bertz CT molecular complexity index is 800. The van der Waals surface area contributed by atoms with Crippen LogP contribution < -0.4 is 4.74 Å². The summed E-state index contributed by atoms with van der Waals surface area (Å²) in [6.07, 6.45) is 1.59. The van der Waals surface area contributed by atoms with Crippen molar-refractivity contribution < 1.29 is 13.9 Å². The van der Waals surface area contributed by atoms with Gasteiger partial charge in [0.05, 0.1) is 12.8 Å². The van der Waals surface area contributed by atoms with Crippen LogP contribution in [-0.4, -0.2) is 22.8 Å². The summed E-state index contributed by atoms with van der Waals surface area (Å²) in [5.74, 6) is 1.28. The molecular weight excluding hydrogens is 348 g/mol. The van der Waals surface area contributed by atoms with Crippen LogP contribution in [0, 0.1) is 0 Å². The maximum atomic E-state index is 12.4. The van der Waals surface area contributed by atoms with Crippen molar-refractivity contribution in [2.24, 2.45) is 0 Å². The summed E-state index contributed by atoms with van der Waals surface area (Å²) < 4.78 is 10.9. The van der Waals surface area contributed by atoms with Gasteiger partial charge >= 0.3 is 0 Å². The van der Waals surface area contributed by atoms with Crippen molar-refractivity contribution >= 4 is 28.8 Å². The van der Waals surface area contributed by atoms with Crippen LogP contribution in [-0.2, 0) is 13.2 Å². The first kappa shape index (κ1) is 16.5. The van der Waals surface area contributed by atoms with Gasteiger partial charge in [0.1, 0.15) is 28.8 Å². The second kappa shape index (κ2) is 7.51. The van der Waals surface area contributed by atoms with Gasteiger partial charge in [-0.3, -0.25) is 4.79 Å². The number of amides is 1. The molecule has 5 nitrogen and oxygen atoms in total. The van der Waals surface area contributed by atoms with Crippen LogP contribution in [0.5, 0.6) is 5.75 Å². The molecule has 2 heterocycles. The molecule has 124 valence electrons. The number of carbonyl (C=O) groups excluding carboxylic acids is 1. The van der Waals surface area contributed by atoms with Crippen LogP contribution in [0.4, 0.5) is 0 Å². The van der Waals surface area contributed by atoms with Gasteiger partial charge in [0.25, 0.3) is 5.91 Å². The number of hydrogen-bond donors (Lipinski definition) is 0. The fraction of sp³-hybridized carbons (Fsp3) is 0.176. The highest BCUT2D eigenvalue weighted by atomic mass is 35.5. The Morgan fingerprint density at radius 1 is 1.33 bits per heavy atom. The highest BCUT2D eigenvalue weighted by Crippen LogP contribution is 2.19. The molecule has 0 radical (unpaired) electrons. The van der Waals surface area contributed by atoms with Crippen molar-refractivity contribution in [3.8, 4) is 5.75 Å². The molecule has 3 rings (SSSR count). The molecule has 0 N–H and O–H groups in total. The normalized spacial score (nSPS) is 10.6. The Labute approximate surface area is 148 Å². The number of nitrogens with zero attached hydrogens (tertiary/aromatic N) is 2. The monoisotopic (exact) mass is 362 g/mol. The highest BCUT2D eigenvalue weighted by Gasteiger charge is 2.16. The van der Waals surface area contributed by atoms with E-state index >= 15 is 0 Å². The Balaban J connectivity index is 1.58. The third-order valence-corrected chi connectivity index (χ3v) is 4.34. The van der Waals surface area contributed by atoms with Gasteiger partial charge in [-0.15, -0.1) is 11.3 Å². The van der Waals surface area contributed by atoms with E-state index in [1.54, 1.807) is 53.9 Å². The van der Waals surface area contributed by atoms with E-state index in [0.717, 1.165) is 10.8 Å². The van der Waals surface area contributed by atoms with Gasteiger partial charge in [-0.25, -0.2) is 4.98 Å². The largest absolute Gasteiger partial charge is 0.486 e.